The van der Waals surface area contributed by atoms with E-state index in [1.807, 2.05) is 0 Å². The number of hydroxylamine groups is 1. The van der Waals surface area contributed by atoms with E-state index in [4.69, 9.17) is 16.9 Å². The molecule has 0 spiro atoms. The van der Waals surface area contributed by atoms with Crippen molar-refractivity contribution in [2.24, 2.45) is 5.73 Å². The Morgan fingerprint density at radius 2 is 2.00 bits per heavy atom. The van der Waals surface area contributed by atoms with Crippen LogP contribution >= 0.6 is 11.3 Å². The number of sulfonamides is 1. The Labute approximate surface area is 177 Å². The van der Waals surface area contributed by atoms with Gasteiger partial charge in [0.05, 0.1) is 16.6 Å². The number of ketones is 2. The molecule has 0 aliphatic rings. The quantitative estimate of drug-likeness (QED) is 0.0480. The molecule has 0 bridgehead atoms. The number of hydrogen-bond acceptors (Lipinski definition) is 9. The number of guanidine groups is 1. The van der Waals surface area contributed by atoms with Gasteiger partial charge in [-0.15, -0.1) is 11.3 Å². The third-order valence-electron chi connectivity index (χ3n) is 3.97. The van der Waals surface area contributed by atoms with Gasteiger partial charge in [0, 0.05) is 12.2 Å². The Balaban J connectivity index is 2.13. The van der Waals surface area contributed by atoms with Gasteiger partial charge in [0.15, 0.2) is 5.96 Å². The minimum absolute atomic E-state index is 0.0456. The van der Waals surface area contributed by atoms with Crippen molar-refractivity contribution in [1.82, 2.24) is 10.8 Å². The summed E-state index contributed by atoms with van der Waals surface area (Å²) in [5.41, 5.74) is 12.8. The molecule has 162 valence electrons. The van der Waals surface area contributed by atoms with Crippen LogP contribution in [0.5, 0.6) is 0 Å². The SMILES string of the molecule is N=C(N)NCCC[C@H](NO)C(=O)C(=O)c1sccc1NS(=O)(=O)c1cccc(N)c1. The zero-order valence-corrected chi connectivity index (χ0v) is 17.3. The number of thiophene rings is 1. The lowest BCUT2D eigenvalue weighted by atomic mass is 10.0. The molecule has 0 saturated heterocycles. The topological polar surface area (TPSA) is 200 Å². The summed E-state index contributed by atoms with van der Waals surface area (Å²) in [4.78, 5) is 24.9. The third kappa shape index (κ3) is 6.00. The molecule has 0 amide bonds. The van der Waals surface area contributed by atoms with Gasteiger partial charge in [-0.05, 0) is 42.5 Å². The van der Waals surface area contributed by atoms with Crippen molar-refractivity contribution < 1.29 is 23.2 Å². The predicted octanol–water partition coefficient (Wildman–Crippen LogP) is 0.494. The second-order valence-corrected chi connectivity index (χ2v) is 8.80. The van der Waals surface area contributed by atoms with Gasteiger partial charge in [0.1, 0.15) is 4.88 Å². The first-order valence-corrected chi connectivity index (χ1v) is 11.0. The van der Waals surface area contributed by atoms with Crippen molar-refractivity contribution in [2.75, 3.05) is 17.0 Å². The minimum Gasteiger partial charge on any atom is -0.399 e. The highest BCUT2D eigenvalue weighted by Crippen LogP contribution is 2.27. The van der Waals surface area contributed by atoms with Gasteiger partial charge in [-0.1, -0.05) is 6.07 Å². The fourth-order valence-electron chi connectivity index (χ4n) is 2.50. The first-order chi connectivity index (χ1) is 14.2. The van der Waals surface area contributed by atoms with Crippen molar-refractivity contribution in [2.45, 2.75) is 23.8 Å². The standard InChI is InChI=1S/C17H22N6O5S2/c18-10-3-1-4-11(9-10)30(27,28)23-13-6-8-29-16(13)15(25)14(24)12(22-26)5-2-7-21-17(19)20/h1,3-4,6,8-9,12,22-23,26H,2,5,7,18H2,(H4,19,20,21)/t12-/m0/s1. The lowest BCUT2D eigenvalue weighted by molar-refractivity contribution is -0.119. The van der Waals surface area contributed by atoms with E-state index in [1.54, 1.807) is 5.48 Å². The summed E-state index contributed by atoms with van der Waals surface area (Å²) in [5.74, 6) is -2.10. The first-order valence-electron chi connectivity index (χ1n) is 8.67. The predicted molar refractivity (Wildman–Crippen MR) is 113 cm³/mol. The molecule has 1 atom stereocenters. The van der Waals surface area contributed by atoms with E-state index >= 15 is 0 Å². The summed E-state index contributed by atoms with van der Waals surface area (Å²) in [6.07, 6.45) is 0.438. The highest BCUT2D eigenvalue weighted by molar-refractivity contribution is 7.92. The van der Waals surface area contributed by atoms with Crippen molar-refractivity contribution in [1.29, 1.82) is 5.41 Å². The van der Waals surface area contributed by atoms with Crippen LogP contribution in [-0.4, -0.2) is 43.7 Å². The van der Waals surface area contributed by atoms with Crippen LogP contribution in [0.15, 0.2) is 40.6 Å². The summed E-state index contributed by atoms with van der Waals surface area (Å²) in [7, 11) is -4.03. The molecule has 1 aromatic heterocycles. The molecule has 0 aliphatic carbocycles. The number of nitrogens with one attached hydrogen (secondary N) is 4. The molecule has 11 nitrogen and oxygen atoms in total. The molecule has 2 rings (SSSR count). The fraction of sp³-hybridized carbons (Fsp3) is 0.235. The molecular weight excluding hydrogens is 432 g/mol. The van der Waals surface area contributed by atoms with E-state index < -0.39 is 27.6 Å². The number of benzene rings is 1. The van der Waals surface area contributed by atoms with Gasteiger partial charge < -0.3 is 22.0 Å². The minimum atomic E-state index is -4.03. The van der Waals surface area contributed by atoms with Crippen LogP contribution in [0.3, 0.4) is 0 Å². The average Bonchev–Trinajstić information content (AvgIpc) is 3.14. The number of nitrogen functional groups attached to an aromatic ring is 1. The average molecular weight is 455 g/mol. The zero-order valence-electron chi connectivity index (χ0n) is 15.7. The molecule has 0 unspecified atom stereocenters. The maximum Gasteiger partial charge on any atom is 0.262 e. The van der Waals surface area contributed by atoms with Crippen LogP contribution in [0.25, 0.3) is 0 Å². The van der Waals surface area contributed by atoms with Crippen LogP contribution in [-0.2, 0) is 14.8 Å². The van der Waals surface area contributed by atoms with Crippen LogP contribution in [0, 0.1) is 5.41 Å². The first kappa shape index (κ1) is 23.3. The van der Waals surface area contributed by atoms with Crippen LogP contribution in [0.1, 0.15) is 22.5 Å². The molecule has 13 heteroatoms. The van der Waals surface area contributed by atoms with Gasteiger partial charge in [0.2, 0.25) is 11.6 Å². The zero-order chi connectivity index (χ0) is 22.3. The second-order valence-electron chi connectivity index (χ2n) is 6.20. The number of anilines is 2. The normalized spacial score (nSPS) is 12.2. The molecule has 0 fully saturated rings. The van der Waals surface area contributed by atoms with Crippen molar-refractivity contribution >= 4 is 50.3 Å². The smallest absolute Gasteiger partial charge is 0.262 e. The van der Waals surface area contributed by atoms with Crippen molar-refractivity contribution in [3.63, 3.8) is 0 Å². The number of carbonyl (C=O) groups is 2. The molecule has 0 saturated carbocycles. The molecule has 0 radical (unpaired) electrons. The van der Waals surface area contributed by atoms with Crippen LogP contribution in [0.4, 0.5) is 11.4 Å². The van der Waals surface area contributed by atoms with Gasteiger partial charge in [-0.3, -0.25) is 19.7 Å². The molecular formula is C17H22N6O5S2. The Hall–Kier alpha value is -3.00. The lowest BCUT2D eigenvalue weighted by Crippen LogP contribution is -2.40. The highest BCUT2D eigenvalue weighted by atomic mass is 32.2. The van der Waals surface area contributed by atoms with Gasteiger partial charge in [-0.2, -0.15) is 5.48 Å². The maximum atomic E-state index is 12.6. The number of carbonyl (C=O) groups excluding carboxylic acids is 2. The van der Waals surface area contributed by atoms with Gasteiger partial charge in [0.25, 0.3) is 10.0 Å². The van der Waals surface area contributed by atoms with Gasteiger partial charge in [-0.25, -0.2) is 8.42 Å². The number of hydrogen-bond donors (Lipinski definition) is 7. The maximum absolute atomic E-state index is 12.6. The largest absolute Gasteiger partial charge is 0.399 e. The summed E-state index contributed by atoms with van der Waals surface area (Å²) < 4.78 is 27.4. The molecule has 1 heterocycles. The summed E-state index contributed by atoms with van der Waals surface area (Å²) in [6.45, 7) is 0.277. The molecule has 1 aromatic carbocycles. The lowest BCUT2D eigenvalue weighted by Gasteiger charge is -2.14. The van der Waals surface area contributed by atoms with Crippen molar-refractivity contribution in [3.05, 3.63) is 40.6 Å². The van der Waals surface area contributed by atoms with Crippen molar-refractivity contribution in [3.8, 4) is 0 Å². The van der Waals surface area contributed by atoms with E-state index in [0.29, 0.717) is 6.42 Å². The molecule has 0 aliphatic heterocycles. The monoisotopic (exact) mass is 454 g/mol. The highest BCUT2D eigenvalue weighted by Gasteiger charge is 2.29. The fourth-order valence-corrected chi connectivity index (χ4v) is 4.49. The Morgan fingerprint density at radius 1 is 1.27 bits per heavy atom. The Bertz CT molecular complexity index is 1040. The van der Waals surface area contributed by atoms with E-state index in [9.17, 15) is 23.2 Å². The number of Topliss-reactive ketones (excluding diaryl/α,β-unsaturated/α-hetero) is 2. The third-order valence-corrected chi connectivity index (χ3v) is 6.24. The molecule has 9 N–H and O–H groups in total. The van der Waals surface area contributed by atoms with Crippen LogP contribution in [0.2, 0.25) is 0 Å². The Kier molecular flexibility index (Phi) is 7.88. The number of nitrogens with two attached hydrogens (primary N) is 2. The van der Waals surface area contributed by atoms with Gasteiger partial charge >= 0.3 is 0 Å². The summed E-state index contributed by atoms with van der Waals surface area (Å²) in [6, 6.07) is 5.80. The molecule has 30 heavy (non-hydrogen) atoms. The van der Waals surface area contributed by atoms with E-state index in [1.165, 1.54) is 35.7 Å². The second kappa shape index (κ2) is 10.2. The van der Waals surface area contributed by atoms with Crippen LogP contribution < -0.4 is 27.0 Å². The summed E-state index contributed by atoms with van der Waals surface area (Å²) >= 11 is 0.897. The number of rotatable bonds is 11. The Morgan fingerprint density at radius 3 is 2.63 bits per heavy atom. The van der Waals surface area contributed by atoms with E-state index in [-0.39, 0.29) is 40.1 Å². The van der Waals surface area contributed by atoms with E-state index in [2.05, 4.69) is 10.0 Å². The molecule has 2 aromatic rings. The summed E-state index contributed by atoms with van der Waals surface area (Å²) in [5, 5.41) is 20.3. The van der Waals surface area contributed by atoms with E-state index in [0.717, 1.165) is 11.3 Å².